The van der Waals surface area contributed by atoms with Crippen LogP contribution in [0, 0.1) is 0 Å². The molecule has 0 saturated heterocycles. The van der Waals surface area contributed by atoms with E-state index in [2.05, 4.69) is 164 Å². The van der Waals surface area contributed by atoms with Crippen LogP contribution in [0.2, 0.25) is 0 Å². The predicted octanol–water partition coefficient (Wildman–Crippen LogP) is 13.6. The van der Waals surface area contributed by atoms with E-state index < -0.39 is 0 Å². The van der Waals surface area contributed by atoms with Crippen LogP contribution in [-0.2, 0) is 0 Å². The minimum Gasteiger partial charge on any atom is -0.208 e. The van der Waals surface area contributed by atoms with Gasteiger partial charge in [-0.05, 0) is 51.6 Å². The van der Waals surface area contributed by atoms with Crippen molar-refractivity contribution in [3.8, 4) is 45.3 Å². The first kappa shape index (κ1) is 29.5. The van der Waals surface area contributed by atoms with Crippen LogP contribution in [-0.4, -0.2) is 15.0 Å². The molecule has 0 unspecified atom stereocenters. The maximum Gasteiger partial charge on any atom is 0.164 e. The van der Waals surface area contributed by atoms with Crippen molar-refractivity contribution in [3.05, 3.63) is 164 Å². The Hall–Kier alpha value is -6.27. The van der Waals surface area contributed by atoms with Crippen molar-refractivity contribution in [1.29, 1.82) is 0 Å². The van der Waals surface area contributed by atoms with Gasteiger partial charge in [-0.25, -0.2) is 15.0 Å². The van der Waals surface area contributed by atoms with Crippen LogP contribution in [0.3, 0.4) is 0 Å². The van der Waals surface area contributed by atoms with Crippen LogP contribution in [0.15, 0.2) is 164 Å². The largest absolute Gasteiger partial charge is 0.208 e. The van der Waals surface area contributed by atoms with E-state index in [-0.39, 0.29) is 0 Å². The average molecular weight is 698 g/mol. The Morgan fingerprint density at radius 1 is 0.308 bits per heavy atom. The molecule has 3 heterocycles. The lowest BCUT2D eigenvalue weighted by Crippen LogP contribution is -2.00. The third kappa shape index (κ3) is 4.74. The second kappa shape index (κ2) is 11.6. The monoisotopic (exact) mass is 697 g/mol. The highest BCUT2D eigenvalue weighted by Crippen LogP contribution is 2.39. The molecule has 11 aromatic rings. The summed E-state index contributed by atoms with van der Waals surface area (Å²) in [6.07, 6.45) is 0. The van der Waals surface area contributed by atoms with E-state index in [9.17, 15) is 0 Å². The number of rotatable bonds is 4. The molecule has 0 atom stereocenters. The highest BCUT2D eigenvalue weighted by atomic mass is 32.1. The molecule has 0 radical (unpaired) electrons. The van der Waals surface area contributed by atoms with Crippen molar-refractivity contribution in [2.45, 2.75) is 0 Å². The van der Waals surface area contributed by atoms with Crippen LogP contribution in [0.5, 0.6) is 0 Å². The molecule has 0 N–H and O–H groups in total. The van der Waals surface area contributed by atoms with Gasteiger partial charge >= 0.3 is 0 Å². The van der Waals surface area contributed by atoms with Crippen molar-refractivity contribution >= 4 is 84.6 Å². The van der Waals surface area contributed by atoms with Crippen LogP contribution < -0.4 is 0 Å². The smallest absolute Gasteiger partial charge is 0.164 e. The summed E-state index contributed by atoms with van der Waals surface area (Å²) in [7, 11) is 0. The van der Waals surface area contributed by atoms with E-state index in [1.807, 2.05) is 11.3 Å². The summed E-state index contributed by atoms with van der Waals surface area (Å²) in [4.78, 5) is 15.6. The number of nitrogens with zero attached hydrogens (tertiary/aromatic N) is 3. The molecule has 0 spiro atoms. The molecule has 0 fully saturated rings. The second-order valence-electron chi connectivity index (χ2n) is 13.2. The van der Waals surface area contributed by atoms with Gasteiger partial charge in [0, 0.05) is 62.4 Å². The molecule has 0 saturated carbocycles. The maximum absolute atomic E-state index is 5.21. The zero-order valence-corrected chi connectivity index (χ0v) is 29.4. The molecule has 0 aliphatic rings. The summed E-state index contributed by atoms with van der Waals surface area (Å²) in [5.74, 6) is 1.98. The van der Waals surface area contributed by atoms with Crippen LogP contribution in [0.1, 0.15) is 0 Å². The fraction of sp³-hybridized carbons (Fsp3) is 0. The van der Waals surface area contributed by atoms with Gasteiger partial charge in [0.25, 0.3) is 0 Å². The third-order valence-corrected chi connectivity index (χ3v) is 12.4. The zero-order valence-electron chi connectivity index (χ0n) is 27.7. The first-order valence-electron chi connectivity index (χ1n) is 17.3. The Morgan fingerprint density at radius 2 is 0.808 bits per heavy atom. The topological polar surface area (TPSA) is 38.7 Å². The van der Waals surface area contributed by atoms with Gasteiger partial charge in [-0.2, -0.15) is 0 Å². The highest BCUT2D eigenvalue weighted by Gasteiger charge is 2.17. The fourth-order valence-corrected chi connectivity index (χ4v) is 9.87. The zero-order chi connectivity index (χ0) is 34.2. The molecule has 5 heteroatoms. The van der Waals surface area contributed by atoms with Crippen LogP contribution >= 0.6 is 22.7 Å². The van der Waals surface area contributed by atoms with Crippen molar-refractivity contribution in [3.63, 3.8) is 0 Å². The number of fused-ring (bicyclic) bond motifs is 9. The molecule has 0 aliphatic heterocycles. The third-order valence-electron chi connectivity index (χ3n) is 10.1. The van der Waals surface area contributed by atoms with E-state index in [0.29, 0.717) is 17.5 Å². The molecule has 3 aromatic heterocycles. The van der Waals surface area contributed by atoms with Crippen molar-refractivity contribution < 1.29 is 0 Å². The normalized spacial score (nSPS) is 11.8. The molecule has 3 nitrogen and oxygen atoms in total. The summed E-state index contributed by atoms with van der Waals surface area (Å²) in [5.41, 5.74) is 5.28. The molecule has 11 rings (SSSR count). The molecule has 0 amide bonds. The minimum atomic E-state index is 0.653. The van der Waals surface area contributed by atoms with Gasteiger partial charge in [0.15, 0.2) is 17.5 Å². The summed E-state index contributed by atoms with van der Waals surface area (Å²) in [6.45, 7) is 0. The summed E-state index contributed by atoms with van der Waals surface area (Å²) < 4.78 is 5.11. The van der Waals surface area contributed by atoms with Gasteiger partial charge in [-0.15, -0.1) is 22.7 Å². The molecular weight excluding hydrogens is 671 g/mol. The lowest BCUT2D eigenvalue weighted by Gasteiger charge is -2.12. The highest BCUT2D eigenvalue weighted by molar-refractivity contribution is 7.26. The summed E-state index contributed by atoms with van der Waals surface area (Å²) in [6, 6.07) is 58.6. The quantitative estimate of drug-likeness (QED) is 0.172. The van der Waals surface area contributed by atoms with Crippen LogP contribution in [0.25, 0.3) is 107 Å². The van der Waals surface area contributed by atoms with E-state index in [1.54, 1.807) is 11.3 Å². The molecule has 0 bridgehead atoms. The SMILES string of the molecule is c1ccc2c(c1)ccc1cccc(-c3nc(-c4ccc(-c5ccc6c(c5)sc5ccccc56)cc4)nc(-c4ccc5c(c4)sc4ccccc45)n3)c12. The van der Waals surface area contributed by atoms with Crippen molar-refractivity contribution in [1.82, 2.24) is 15.0 Å². The molecule has 52 heavy (non-hydrogen) atoms. The summed E-state index contributed by atoms with van der Waals surface area (Å²) in [5, 5.41) is 9.84. The standard InChI is InChI=1S/C47H27N3S2/c1-2-10-34-29(8-1)18-19-30-9-7-13-39(44(30)34)47-49-45(48-46(50-47)33-23-25-38-36-12-4-6-15-41(36)52-43(38)27-33)31-20-16-28(17-21-31)32-22-24-37-35-11-3-5-14-40(35)51-42(37)26-32/h1-27H. The lowest BCUT2D eigenvalue weighted by molar-refractivity contribution is 1.08. The number of hydrogen-bond acceptors (Lipinski definition) is 5. The number of aromatic nitrogens is 3. The van der Waals surface area contributed by atoms with Gasteiger partial charge in [-0.1, -0.05) is 140 Å². The van der Waals surface area contributed by atoms with Gasteiger partial charge in [-0.3, -0.25) is 0 Å². The van der Waals surface area contributed by atoms with E-state index in [1.165, 1.54) is 56.7 Å². The summed E-state index contributed by atoms with van der Waals surface area (Å²) >= 11 is 3.65. The van der Waals surface area contributed by atoms with Gasteiger partial charge in [0.05, 0.1) is 0 Å². The van der Waals surface area contributed by atoms with Gasteiger partial charge < -0.3 is 0 Å². The Kier molecular flexibility index (Phi) is 6.59. The molecule has 242 valence electrons. The average Bonchev–Trinajstić information content (AvgIpc) is 3.78. The van der Waals surface area contributed by atoms with E-state index in [0.717, 1.165) is 33.0 Å². The Morgan fingerprint density at radius 3 is 1.54 bits per heavy atom. The van der Waals surface area contributed by atoms with Gasteiger partial charge in [0.1, 0.15) is 0 Å². The first-order valence-corrected chi connectivity index (χ1v) is 19.0. The minimum absolute atomic E-state index is 0.653. The first-order chi connectivity index (χ1) is 25.7. The Labute approximate surface area is 307 Å². The lowest BCUT2D eigenvalue weighted by atomic mass is 9.97. The van der Waals surface area contributed by atoms with Crippen molar-refractivity contribution in [2.24, 2.45) is 0 Å². The fourth-order valence-electron chi connectivity index (χ4n) is 7.58. The molecule has 0 aliphatic carbocycles. The maximum atomic E-state index is 5.21. The van der Waals surface area contributed by atoms with E-state index >= 15 is 0 Å². The molecular formula is C47H27N3S2. The Balaban J connectivity index is 1.07. The second-order valence-corrected chi connectivity index (χ2v) is 15.4. The van der Waals surface area contributed by atoms with Gasteiger partial charge in [0.2, 0.25) is 0 Å². The predicted molar refractivity (Wildman–Crippen MR) is 222 cm³/mol. The number of thiophene rings is 2. The Bertz CT molecular complexity index is 3190. The molecule has 8 aromatic carbocycles. The van der Waals surface area contributed by atoms with Crippen molar-refractivity contribution in [2.75, 3.05) is 0 Å². The van der Waals surface area contributed by atoms with Crippen LogP contribution in [0.4, 0.5) is 0 Å². The number of benzene rings is 8. The number of hydrogen-bond donors (Lipinski definition) is 0. The van der Waals surface area contributed by atoms with E-state index in [4.69, 9.17) is 15.0 Å².